The summed E-state index contributed by atoms with van der Waals surface area (Å²) in [5.41, 5.74) is 2.14. The number of anilines is 1. The Morgan fingerprint density at radius 1 is 1.38 bits per heavy atom. The van der Waals surface area contributed by atoms with E-state index in [9.17, 15) is 18.7 Å². The average Bonchev–Trinajstić information content (AvgIpc) is 2.73. The maximum absolute atomic E-state index is 14.1. The first-order chi connectivity index (χ1) is 15.1. The molecule has 2 aromatic rings. The number of aliphatic hydroxyl groups is 1. The average molecular weight is 466 g/mol. The number of halogens is 3. The molecule has 1 aromatic carbocycles. The predicted molar refractivity (Wildman–Crippen MR) is 120 cm³/mol. The highest BCUT2D eigenvalue weighted by Gasteiger charge is 2.30. The van der Waals surface area contributed by atoms with E-state index in [4.69, 9.17) is 16.3 Å². The van der Waals surface area contributed by atoms with Crippen molar-refractivity contribution in [1.82, 2.24) is 9.88 Å². The van der Waals surface area contributed by atoms with Gasteiger partial charge >= 0.3 is 6.03 Å². The molecule has 0 atom stereocenters. The van der Waals surface area contributed by atoms with Gasteiger partial charge in [0.25, 0.3) is 5.92 Å². The number of nitrogens with one attached hydrogen (secondary N) is 1. The molecule has 0 saturated carbocycles. The zero-order valence-corrected chi connectivity index (χ0v) is 18.9. The van der Waals surface area contributed by atoms with E-state index in [-0.39, 0.29) is 29.7 Å². The number of carbonyl (C=O) groups excluding carboxylic acids is 1. The number of benzene rings is 1. The van der Waals surface area contributed by atoms with Crippen molar-refractivity contribution >= 4 is 28.9 Å². The van der Waals surface area contributed by atoms with Gasteiger partial charge in [-0.25, -0.2) is 13.6 Å². The summed E-state index contributed by atoms with van der Waals surface area (Å²) in [5, 5.41) is 12.3. The van der Waals surface area contributed by atoms with Crippen molar-refractivity contribution in [2.24, 2.45) is 0 Å². The number of aromatic nitrogens is 1. The molecule has 0 saturated heterocycles. The lowest BCUT2D eigenvalue weighted by Crippen LogP contribution is -2.38. The molecule has 172 valence electrons. The molecule has 0 aliphatic carbocycles. The molecule has 0 radical (unpaired) electrons. The van der Waals surface area contributed by atoms with Crippen molar-refractivity contribution in [3.8, 4) is 5.75 Å². The van der Waals surface area contributed by atoms with Crippen LogP contribution >= 0.6 is 11.6 Å². The summed E-state index contributed by atoms with van der Waals surface area (Å²) in [6.07, 6.45) is 3.71. The van der Waals surface area contributed by atoms with Gasteiger partial charge in [-0.05, 0) is 55.7 Å². The molecule has 0 fully saturated rings. The first-order valence-electron chi connectivity index (χ1n) is 10.3. The lowest BCUT2D eigenvalue weighted by Gasteiger charge is -2.27. The number of pyridine rings is 1. The standard InChI is InChI=1S/C23H26ClF2N3O3/c1-14(2)32-20-5-4-17(11-18(20)23(3,25)26)28-22(31)29-8-6-16(7-9-29)21-19(24)10-15(13-30)12-27-21/h4-6,10-12,14,30H,7-9,13H2,1-3H3,(H,28,31). The monoisotopic (exact) mass is 465 g/mol. The third kappa shape index (κ3) is 5.75. The molecule has 0 unspecified atom stereocenters. The summed E-state index contributed by atoms with van der Waals surface area (Å²) < 4.78 is 33.6. The number of urea groups is 1. The van der Waals surface area contributed by atoms with Gasteiger partial charge in [0, 0.05) is 31.9 Å². The molecular formula is C23H26ClF2N3O3. The molecule has 2 heterocycles. The Kier molecular flexibility index (Phi) is 7.36. The van der Waals surface area contributed by atoms with E-state index < -0.39 is 12.0 Å². The van der Waals surface area contributed by atoms with Gasteiger partial charge in [-0.15, -0.1) is 0 Å². The number of hydrogen-bond acceptors (Lipinski definition) is 4. The highest BCUT2D eigenvalue weighted by molar-refractivity contribution is 6.32. The van der Waals surface area contributed by atoms with Crippen LogP contribution in [0.1, 0.15) is 44.0 Å². The zero-order chi connectivity index (χ0) is 23.5. The lowest BCUT2D eigenvalue weighted by atomic mass is 10.0. The third-order valence-corrected chi connectivity index (χ3v) is 5.24. The Morgan fingerprint density at radius 3 is 2.69 bits per heavy atom. The second-order valence-corrected chi connectivity index (χ2v) is 8.36. The molecule has 6 nitrogen and oxygen atoms in total. The van der Waals surface area contributed by atoms with E-state index in [1.54, 1.807) is 37.1 Å². The van der Waals surface area contributed by atoms with Crippen LogP contribution in [0.5, 0.6) is 5.75 Å². The maximum Gasteiger partial charge on any atom is 0.322 e. The van der Waals surface area contributed by atoms with Gasteiger partial charge in [-0.3, -0.25) is 4.98 Å². The second kappa shape index (κ2) is 9.83. The minimum Gasteiger partial charge on any atom is -0.490 e. The lowest BCUT2D eigenvalue weighted by molar-refractivity contribution is 0.0137. The summed E-state index contributed by atoms with van der Waals surface area (Å²) in [5.74, 6) is -3.03. The molecule has 1 aromatic heterocycles. The Balaban J connectivity index is 1.71. The van der Waals surface area contributed by atoms with Gasteiger partial charge in [-0.2, -0.15) is 0 Å². The third-order valence-electron chi connectivity index (χ3n) is 4.95. The molecule has 2 N–H and O–H groups in total. The highest BCUT2D eigenvalue weighted by atomic mass is 35.5. The van der Waals surface area contributed by atoms with Gasteiger partial charge < -0.3 is 20.1 Å². The topological polar surface area (TPSA) is 74.7 Å². The van der Waals surface area contributed by atoms with Crippen molar-refractivity contribution in [2.45, 2.75) is 45.8 Å². The highest BCUT2D eigenvalue weighted by Crippen LogP contribution is 2.37. The van der Waals surface area contributed by atoms with E-state index in [0.717, 1.165) is 12.5 Å². The van der Waals surface area contributed by atoms with Crippen LogP contribution < -0.4 is 10.1 Å². The van der Waals surface area contributed by atoms with E-state index in [0.29, 0.717) is 35.8 Å². The summed E-state index contributed by atoms with van der Waals surface area (Å²) in [4.78, 5) is 18.6. The number of aliphatic hydroxyl groups excluding tert-OH is 1. The molecule has 9 heteroatoms. The van der Waals surface area contributed by atoms with Crippen molar-refractivity contribution in [3.05, 3.63) is 58.4 Å². The fourth-order valence-electron chi connectivity index (χ4n) is 3.38. The van der Waals surface area contributed by atoms with Crippen LogP contribution in [-0.4, -0.2) is 40.2 Å². The molecule has 3 rings (SSSR count). The predicted octanol–water partition coefficient (Wildman–Crippen LogP) is 5.45. The Morgan fingerprint density at radius 2 is 2.12 bits per heavy atom. The largest absolute Gasteiger partial charge is 0.490 e. The summed E-state index contributed by atoms with van der Waals surface area (Å²) in [7, 11) is 0. The Labute approximate surface area is 190 Å². The molecule has 2 amide bonds. The van der Waals surface area contributed by atoms with E-state index >= 15 is 0 Å². The number of rotatable bonds is 6. The van der Waals surface area contributed by atoms with Crippen LogP contribution in [0, 0.1) is 0 Å². The first kappa shape index (κ1) is 23.9. The van der Waals surface area contributed by atoms with Gasteiger partial charge in [0.15, 0.2) is 0 Å². The SMILES string of the molecule is CC(C)Oc1ccc(NC(=O)N2CC=C(c3ncc(CO)cc3Cl)CC2)cc1C(C)(F)F. The Bertz CT molecular complexity index is 1020. The van der Waals surface area contributed by atoms with Crippen molar-refractivity contribution in [3.63, 3.8) is 0 Å². The van der Waals surface area contributed by atoms with Gasteiger partial charge in [0.2, 0.25) is 0 Å². The summed E-state index contributed by atoms with van der Waals surface area (Å²) in [6, 6.07) is 5.51. The molecule has 0 spiro atoms. The first-order valence-corrected chi connectivity index (χ1v) is 10.7. The fraction of sp³-hybridized carbons (Fsp3) is 0.391. The van der Waals surface area contributed by atoms with Crippen molar-refractivity contribution < 1.29 is 23.4 Å². The number of ether oxygens (including phenoxy) is 1. The van der Waals surface area contributed by atoms with Gasteiger partial charge in [0.1, 0.15) is 5.75 Å². The number of nitrogens with zero attached hydrogens (tertiary/aromatic N) is 2. The van der Waals surface area contributed by atoms with E-state index in [1.807, 2.05) is 6.08 Å². The quantitative estimate of drug-likeness (QED) is 0.595. The molecule has 32 heavy (non-hydrogen) atoms. The van der Waals surface area contributed by atoms with E-state index in [1.165, 1.54) is 12.1 Å². The fourth-order valence-corrected chi connectivity index (χ4v) is 3.69. The second-order valence-electron chi connectivity index (χ2n) is 7.95. The number of alkyl halides is 2. The summed E-state index contributed by atoms with van der Waals surface area (Å²) in [6.45, 7) is 4.92. The van der Waals surface area contributed by atoms with Crippen LogP contribution in [0.25, 0.3) is 5.57 Å². The Hall–Kier alpha value is -2.71. The number of carbonyl (C=O) groups is 1. The molecular weight excluding hydrogens is 440 g/mol. The summed E-state index contributed by atoms with van der Waals surface area (Å²) >= 11 is 6.26. The van der Waals surface area contributed by atoms with Gasteiger partial charge in [0.05, 0.1) is 29.0 Å². The number of hydrogen-bond donors (Lipinski definition) is 2. The van der Waals surface area contributed by atoms with Crippen molar-refractivity contribution in [2.75, 3.05) is 18.4 Å². The molecule has 1 aliphatic heterocycles. The maximum atomic E-state index is 14.1. The van der Waals surface area contributed by atoms with E-state index in [2.05, 4.69) is 10.3 Å². The van der Waals surface area contributed by atoms with Crippen LogP contribution in [0.4, 0.5) is 19.3 Å². The van der Waals surface area contributed by atoms with Crippen LogP contribution in [0.15, 0.2) is 36.5 Å². The molecule has 0 bridgehead atoms. The normalized spacial score (nSPS) is 14.4. The van der Waals surface area contributed by atoms with Crippen LogP contribution in [0.2, 0.25) is 5.02 Å². The smallest absolute Gasteiger partial charge is 0.322 e. The van der Waals surface area contributed by atoms with Gasteiger partial charge in [-0.1, -0.05) is 17.7 Å². The number of amides is 2. The minimum absolute atomic E-state index is 0.0904. The van der Waals surface area contributed by atoms with Crippen LogP contribution in [0.3, 0.4) is 0 Å². The van der Waals surface area contributed by atoms with Crippen molar-refractivity contribution in [1.29, 1.82) is 0 Å². The molecule has 1 aliphatic rings. The minimum atomic E-state index is -3.12. The van der Waals surface area contributed by atoms with Crippen LogP contribution in [-0.2, 0) is 12.5 Å². The zero-order valence-electron chi connectivity index (χ0n) is 18.2.